The van der Waals surface area contributed by atoms with Gasteiger partial charge in [-0.25, -0.2) is 0 Å². The molecule has 2 N–H and O–H groups in total. The fraction of sp³-hybridized carbons (Fsp3) is 0.526. The van der Waals surface area contributed by atoms with E-state index in [0.29, 0.717) is 31.4 Å². The summed E-state index contributed by atoms with van der Waals surface area (Å²) in [7, 11) is 0. The normalized spacial score (nSPS) is 39.3. The summed E-state index contributed by atoms with van der Waals surface area (Å²) in [5, 5.41) is 22.1. The number of likely N-dealkylation sites (tertiary alicyclic amines) is 1. The van der Waals surface area contributed by atoms with Crippen LogP contribution in [0.4, 0.5) is 0 Å². The summed E-state index contributed by atoms with van der Waals surface area (Å²) in [4.78, 5) is 14.9. The number of aromatic hydroxyl groups is 1. The molecule has 1 saturated heterocycles. The second-order valence-corrected chi connectivity index (χ2v) is 7.56. The largest absolute Gasteiger partial charge is 0.504 e. The fourth-order valence-corrected chi connectivity index (χ4v) is 5.80. The number of ether oxygens (including phenoxy) is 1. The average Bonchev–Trinajstić information content (AvgIpc) is 2.91. The predicted molar refractivity (Wildman–Crippen MR) is 87.3 cm³/mol. The van der Waals surface area contributed by atoms with E-state index in [-0.39, 0.29) is 17.6 Å². The number of carbonyl (C=O) groups is 1. The number of ketones is 1. The summed E-state index contributed by atoms with van der Waals surface area (Å²) in [5.41, 5.74) is 0.256. The Bertz CT molecular complexity index is 775. The second kappa shape index (κ2) is 4.41. The van der Waals surface area contributed by atoms with Crippen molar-refractivity contribution in [2.75, 3.05) is 13.1 Å². The zero-order valence-electron chi connectivity index (χ0n) is 13.5. The quantitative estimate of drug-likeness (QED) is 0.802. The molecule has 2 bridgehead atoms. The first kappa shape index (κ1) is 14.5. The van der Waals surface area contributed by atoms with Crippen LogP contribution in [0.2, 0.25) is 0 Å². The lowest BCUT2D eigenvalue weighted by Gasteiger charge is -2.62. The van der Waals surface area contributed by atoms with Gasteiger partial charge in [-0.05, 0) is 30.9 Å². The van der Waals surface area contributed by atoms with E-state index in [0.717, 1.165) is 24.2 Å². The number of aliphatic hydroxyl groups is 1. The van der Waals surface area contributed by atoms with Crippen molar-refractivity contribution in [2.45, 2.75) is 48.8 Å². The van der Waals surface area contributed by atoms with Gasteiger partial charge in [0.05, 0.1) is 11.0 Å². The molecule has 4 atom stereocenters. The average molecular weight is 327 g/mol. The Hall–Kier alpha value is -1.85. The molecule has 2 aliphatic carbocycles. The van der Waals surface area contributed by atoms with Crippen molar-refractivity contribution in [3.05, 3.63) is 35.9 Å². The first-order valence-corrected chi connectivity index (χ1v) is 8.65. The van der Waals surface area contributed by atoms with Gasteiger partial charge in [-0.1, -0.05) is 12.1 Å². The zero-order valence-corrected chi connectivity index (χ0v) is 13.5. The van der Waals surface area contributed by atoms with Crippen molar-refractivity contribution < 1.29 is 19.7 Å². The molecule has 1 aromatic rings. The van der Waals surface area contributed by atoms with Crippen LogP contribution in [0.5, 0.6) is 11.5 Å². The minimum atomic E-state index is -1.00. The van der Waals surface area contributed by atoms with Gasteiger partial charge in [-0.3, -0.25) is 9.69 Å². The van der Waals surface area contributed by atoms with Crippen LogP contribution in [0, 0.1) is 0 Å². The lowest BCUT2D eigenvalue weighted by Crippen LogP contribution is -2.76. The summed E-state index contributed by atoms with van der Waals surface area (Å²) in [6.07, 6.45) is 3.35. The number of hydrogen-bond acceptors (Lipinski definition) is 5. The second-order valence-electron chi connectivity index (χ2n) is 7.56. The van der Waals surface area contributed by atoms with Crippen LogP contribution in [-0.2, 0) is 16.6 Å². The molecule has 24 heavy (non-hydrogen) atoms. The highest BCUT2D eigenvalue weighted by Gasteiger charge is 2.72. The molecule has 1 spiro atoms. The van der Waals surface area contributed by atoms with Crippen LogP contribution < -0.4 is 4.74 Å². The van der Waals surface area contributed by atoms with Crippen LogP contribution in [-0.4, -0.2) is 51.7 Å². The molecule has 4 aliphatic rings. The molecule has 0 aromatic heterocycles. The molecular formula is C19H21NO4. The van der Waals surface area contributed by atoms with E-state index in [9.17, 15) is 15.0 Å². The highest BCUT2D eigenvalue weighted by molar-refractivity contribution is 5.90. The van der Waals surface area contributed by atoms with Gasteiger partial charge in [0.2, 0.25) is 0 Å². The summed E-state index contributed by atoms with van der Waals surface area (Å²) in [5.74, 6) is 0.528. The third kappa shape index (κ3) is 1.38. The minimum Gasteiger partial charge on any atom is -0.504 e. The fourth-order valence-electron chi connectivity index (χ4n) is 5.80. The highest BCUT2D eigenvalue weighted by Crippen LogP contribution is 2.64. The van der Waals surface area contributed by atoms with Gasteiger partial charge in [-0.2, -0.15) is 0 Å². The van der Waals surface area contributed by atoms with Crippen LogP contribution in [0.25, 0.3) is 0 Å². The number of nitrogens with zero attached hydrogens (tertiary/aromatic N) is 1. The number of phenolic OH excluding ortho intramolecular Hbond substituents is 1. The molecule has 2 aliphatic heterocycles. The van der Waals surface area contributed by atoms with Crippen molar-refractivity contribution >= 4 is 5.78 Å². The lowest BCUT2D eigenvalue weighted by atomic mass is 9.49. The van der Waals surface area contributed by atoms with Gasteiger partial charge in [0.25, 0.3) is 0 Å². The molecular weight excluding hydrogens is 306 g/mol. The molecule has 5 rings (SSSR count). The summed E-state index contributed by atoms with van der Waals surface area (Å²) < 4.78 is 5.98. The zero-order chi connectivity index (χ0) is 16.7. The van der Waals surface area contributed by atoms with Gasteiger partial charge in [0.15, 0.2) is 23.4 Å². The van der Waals surface area contributed by atoms with Crippen molar-refractivity contribution in [1.29, 1.82) is 0 Å². The molecule has 1 aromatic carbocycles. The van der Waals surface area contributed by atoms with E-state index in [1.807, 2.05) is 12.1 Å². The maximum Gasteiger partial charge on any atom is 0.174 e. The van der Waals surface area contributed by atoms with E-state index < -0.39 is 17.1 Å². The lowest BCUT2D eigenvalue weighted by molar-refractivity contribution is -0.187. The summed E-state index contributed by atoms with van der Waals surface area (Å²) in [6, 6.07) is 3.52. The molecule has 2 unspecified atom stereocenters. The van der Waals surface area contributed by atoms with Crippen LogP contribution >= 0.6 is 0 Å². The Labute approximate surface area is 140 Å². The van der Waals surface area contributed by atoms with Gasteiger partial charge < -0.3 is 14.9 Å². The number of phenols is 1. The van der Waals surface area contributed by atoms with Crippen LogP contribution in [0.15, 0.2) is 24.8 Å². The van der Waals surface area contributed by atoms with Crippen molar-refractivity contribution in [2.24, 2.45) is 0 Å². The number of carbonyl (C=O) groups excluding carboxylic acids is 1. The topological polar surface area (TPSA) is 70.0 Å². The van der Waals surface area contributed by atoms with Gasteiger partial charge in [0, 0.05) is 31.1 Å². The number of rotatable bonds is 2. The van der Waals surface area contributed by atoms with Crippen molar-refractivity contribution in [3.8, 4) is 11.5 Å². The molecule has 5 heteroatoms. The third-order valence-electron chi connectivity index (χ3n) is 6.73. The van der Waals surface area contributed by atoms with Gasteiger partial charge in [0.1, 0.15) is 0 Å². The monoisotopic (exact) mass is 327 g/mol. The predicted octanol–water partition coefficient (Wildman–Crippen LogP) is 1.30. The van der Waals surface area contributed by atoms with Crippen molar-refractivity contribution in [3.63, 3.8) is 0 Å². The molecule has 2 fully saturated rings. The highest BCUT2D eigenvalue weighted by atomic mass is 16.5. The minimum absolute atomic E-state index is 0.0408. The summed E-state index contributed by atoms with van der Waals surface area (Å²) in [6.45, 7) is 5.36. The van der Waals surface area contributed by atoms with E-state index in [1.54, 1.807) is 6.07 Å². The summed E-state index contributed by atoms with van der Waals surface area (Å²) >= 11 is 0. The van der Waals surface area contributed by atoms with E-state index >= 15 is 0 Å². The van der Waals surface area contributed by atoms with Gasteiger partial charge in [-0.15, -0.1) is 6.58 Å². The molecule has 0 radical (unpaired) electrons. The van der Waals surface area contributed by atoms with E-state index in [1.165, 1.54) is 0 Å². The molecule has 0 amide bonds. The Morgan fingerprint density at radius 3 is 3.04 bits per heavy atom. The Balaban J connectivity index is 1.80. The molecule has 1 saturated carbocycles. The van der Waals surface area contributed by atoms with E-state index in [2.05, 4.69) is 11.5 Å². The third-order valence-corrected chi connectivity index (χ3v) is 6.73. The Morgan fingerprint density at radius 2 is 2.25 bits per heavy atom. The Morgan fingerprint density at radius 1 is 1.42 bits per heavy atom. The standard InChI is InChI=1S/C19H21NO4/c1-2-8-20-9-7-18-15-11-3-4-12(21)16(15)24-17(18)13(22)5-6-19(18,23)14(20)10-11/h2-4,14,17,21,23H,1,5-10H2/t14-,17?,18?,19-/m1/s1. The number of benzene rings is 1. The number of piperidine rings is 1. The molecule has 2 heterocycles. The SMILES string of the molecule is C=CCN1CCC23c4c5ccc(O)c4OC2C(=O)CC[C@@]3(O)[C@H]1C5. The van der Waals surface area contributed by atoms with E-state index in [4.69, 9.17) is 4.74 Å². The maximum atomic E-state index is 12.6. The van der Waals surface area contributed by atoms with Crippen LogP contribution in [0.1, 0.15) is 30.4 Å². The first-order chi connectivity index (χ1) is 11.5. The van der Waals surface area contributed by atoms with Crippen LogP contribution in [0.3, 0.4) is 0 Å². The van der Waals surface area contributed by atoms with Gasteiger partial charge >= 0.3 is 0 Å². The molecule has 5 nitrogen and oxygen atoms in total. The molecule has 126 valence electrons. The maximum absolute atomic E-state index is 12.6. The number of hydrogen-bond donors (Lipinski definition) is 2. The van der Waals surface area contributed by atoms with Crippen molar-refractivity contribution in [1.82, 2.24) is 4.90 Å². The number of Topliss-reactive ketones (excluding diaryl/α,β-unsaturated/α-hetero) is 1. The Kier molecular flexibility index (Phi) is 2.66. The smallest absolute Gasteiger partial charge is 0.174 e. The first-order valence-electron chi connectivity index (χ1n) is 8.65.